The average molecular weight is 198 g/mol. The van der Waals surface area contributed by atoms with E-state index in [9.17, 15) is 5.11 Å². The van der Waals surface area contributed by atoms with Gasteiger partial charge in [-0.05, 0) is 55.6 Å². The van der Waals surface area contributed by atoms with Crippen LogP contribution >= 0.6 is 11.8 Å². The van der Waals surface area contributed by atoms with E-state index in [1.807, 2.05) is 6.26 Å². The zero-order valence-corrected chi connectivity index (χ0v) is 9.07. The molecule has 2 atom stereocenters. The number of aliphatic hydroxyl groups is 1. The maximum atomic E-state index is 10.0. The first-order valence-corrected chi connectivity index (χ1v) is 6.66. The number of fused-ring (bicyclic) bond motifs is 3. The van der Waals surface area contributed by atoms with Crippen LogP contribution in [0.15, 0.2) is 0 Å². The van der Waals surface area contributed by atoms with E-state index in [-0.39, 0.29) is 4.93 Å². The topological polar surface area (TPSA) is 20.2 Å². The molecule has 3 aliphatic rings. The number of hydrogen-bond donors (Lipinski definition) is 1. The molecule has 0 aromatic heterocycles. The quantitative estimate of drug-likeness (QED) is 0.654. The van der Waals surface area contributed by atoms with Gasteiger partial charge in [0.25, 0.3) is 0 Å². The molecule has 1 spiro atoms. The molecule has 0 amide bonds. The van der Waals surface area contributed by atoms with Gasteiger partial charge in [-0.3, -0.25) is 0 Å². The Morgan fingerprint density at radius 1 is 1.31 bits per heavy atom. The van der Waals surface area contributed by atoms with Crippen molar-refractivity contribution in [3.05, 3.63) is 0 Å². The van der Waals surface area contributed by atoms with Crippen molar-refractivity contribution in [1.29, 1.82) is 0 Å². The summed E-state index contributed by atoms with van der Waals surface area (Å²) < 4.78 is 0. The third-order valence-corrected chi connectivity index (χ3v) is 5.79. The van der Waals surface area contributed by atoms with Gasteiger partial charge in [0.05, 0.1) is 0 Å². The smallest absolute Gasteiger partial charge is 0.111 e. The molecule has 0 aliphatic heterocycles. The van der Waals surface area contributed by atoms with Crippen molar-refractivity contribution in [2.75, 3.05) is 6.26 Å². The minimum absolute atomic E-state index is 0.343. The molecule has 1 nitrogen and oxygen atoms in total. The molecule has 0 aromatic carbocycles. The molecule has 2 unspecified atom stereocenters. The van der Waals surface area contributed by atoms with Crippen LogP contribution in [0.4, 0.5) is 0 Å². The minimum Gasteiger partial charge on any atom is -0.379 e. The monoisotopic (exact) mass is 198 g/mol. The van der Waals surface area contributed by atoms with Gasteiger partial charge in [0.15, 0.2) is 0 Å². The summed E-state index contributed by atoms with van der Waals surface area (Å²) >= 11 is 1.66. The first-order chi connectivity index (χ1) is 6.16. The van der Waals surface area contributed by atoms with E-state index in [1.165, 1.54) is 25.7 Å². The second kappa shape index (κ2) is 2.46. The molecule has 2 bridgehead atoms. The van der Waals surface area contributed by atoms with Gasteiger partial charge in [-0.15, -0.1) is 11.8 Å². The van der Waals surface area contributed by atoms with Crippen molar-refractivity contribution >= 4 is 11.8 Å². The Balaban J connectivity index is 1.75. The molecule has 0 aromatic rings. The van der Waals surface area contributed by atoms with E-state index >= 15 is 0 Å². The van der Waals surface area contributed by atoms with E-state index in [2.05, 4.69) is 0 Å². The predicted octanol–water partition coefficient (Wildman–Crippen LogP) is 2.64. The second-order valence-electron chi connectivity index (χ2n) is 5.45. The summed E-state index contributed by atoms with van der Waals surface area (Å²) in [5, 5.41) is 10.0. The van der Waals surface area contributed by atoms with Crippen LogP contribution in [0.2, 0.25) is 0 Å². The van der Waals surface area contributed by atoms with E-state index in [0.717, 1.165) is 24.7 Å². The summed E-state index contributed by atoms with van der Waals surface area (Å²) in [5.41, 5.74) is 0.598. The van der Waals surface area contributed by atoms with Crippen molar-refractivity contribution in [2.45, 2.75) is 43.5 Å². The SMILES string of the molecule is CSC1(O)CC2(CC3CCC2C3)C1. The van der Waals surface area contributed by atoms with Crippen LogP contribution in [-0.2, 0) is 0 Å². The van der Waals surface area contributed by atoms with E-state index in [4.69, 9.17) is 0 Å². The largest absolute Gasteiger partial charge is 0.379 e. The molecule has 74 valence electrons. The van der Waals surface area contributed by atoms with Gasteiger partial charge in [0, 0.05) is 0 Å². The molecule has 1 N–H and O–H groups in total. The van der Waals surface area contributed by atoms with E-state index in [0.29, 0.717) is 5.41 Å². The molecular weight excluding hydrogens is 180 g/mol. The van der Waals surface area contributed by atoms with Crippen molar-refractivity contribution in [3.8, 4) is 0 Å². The van der Waals surface area contributed by atoms with Gasteiger partial charge < -0.3 is 5.11 Å². The summed E-state index contributed by atoms with van der Waals surface area (Å²) in [4.78, 5) is -0.343. The lowest BCUT2D eigenvalue weighted by atomic mass is 9.58. The van der Waals surface area contributed by atoms with Gasteiger partial charge in [0.2, 0.25) is 0 Å². The van der Waals surface area contributed by atoms with Crippen molar-refractivity contribution < 1.29 is 5.11 Å². The molecule has 3 rings (SSSR count). The molecule has 0 heterocycles. The van der Waals surface area contributed by atoms with Crippen LogP contribution in [0.5, 0.6) is 0 Å². The highest BCUT2D eigenvalue weighted by molar-refractivity contribution is 7.99. The predicted molar refractivity (Wildman–Crippen MR) is 55.6 cm³/mol. The maximum Gasteiger partial charge on any atom is 0.111 e. The van der Waals surface area contributed by atoms with Crippen LogP contribution in [-0.4, -0.2) is 16.3 Å². The lowest BCUT2D eigenvalue weighted by Gasteiger charge is -2.55. The minimum atomic E-state index is -0.343. The van der Waals surface area contributed by atoms with Crippen molar-refractivity contribution in [2.24, 2.45) is 17.3 Å². The molecular formula is C11H18OS. The van der Waals surface area contributed by atoms with Crippen LogP contribution in [0.25, 0.3) is 0 Å². The Morgan fingerprint density at radius 3 is 2.54 bits per heavy atom. The molecule has 0 radical (unpaired) electrons. The Labute approximate surface area is 84.3 Å². The van der Waals surface area contributed by atoms with Crippen LogP contribution in [0.1, 0.15) is 38.5 Å². The van der Waals surface area contributed by atoms with Gasteiger partial charge >= 0.3 is 0 Å². The van der Waals surface area contributed by atoms with Gasteiger partial charge in [-0.2, -0.15) is 0 Å². The number of hydrogen-bond acceptors (Lipinski definition) is 2. The van der Waals surface area contributed by atoms with Gasteiger partial charge in [-0.1, -0.05) is 6.42 Å². The van der Waals surface area contributed by atoms with Crippen LogP contribution in [0, 0.1) is 17.3 Å². The fourth-order valence-corrected chi connectivity index (χ4v) is 5.05. The molecule has 13 heavy (non-hydrogen) atoms. The Kier molecular flexibility index (Phi) is 1.63. The van der Waals surface area contributed by atoms with Gasteiger partial charge in [-0.25, -0.2) is 0 Å². The highest BCUT2D eigenvalue weighted by atomic mass is 32.2. The Morgan fingerprint density at radius 2 is 2.08 bits per heavy atom. The molecule has 2 heteroatoms. The summed E-state index contributed by atoms with van der Waals surface area (Å²) in [5.74, 6) is 2.00. The summed E-state index contributed by atoms with van der Waals surface area (Å²) in [6, 6.07) is 0. The van der Waals surface area contributed by atoms with Gasteiger partial charge in [0.1, 0.15) is 4.93 Å². The normalized spacial score (nSPS) is 58.6. The standard InChI is InChI=1S/C11H18OS/c1-13-11(12)6-10(7-11)5-8-2-3-9(10)4-8/h8-9,12H,2-7H2,1H3. The molecule has 3 fully saturated rings. The lowest BCUT2D eigenvalue weighted by Crippen LogP contribution is -2.52. The van der Waals surface area contributed by atoms with Crippen LogP contribution in [0.3, 0.4) is 0 Å². The summed E-state index contributed by atoms with van der Waals surface area (Å²) in [6.07, 6.45) is 10.1. The van der Waals surface area contributed by atoms with E-state index in [1.54, 1.807) is 11.8 Å². The van der Waals surface area contributed by atoms with Crippen LogP contribution < -0.4 is 0 Å². The first-order valence-electron chi connectivity index (χ1n) is 5.43. The zero-order chi connectivity index (χ0) is 9.10. The fraction of sp³-hybridized carbons (Fsp3) is 1.00. The second-order valence-corrected chi connectivity index (χ2v) is 6.61. The Hall–Kier alpha value is 0.310. The Bertz CT molecular complexity index is 232. The fourth-order valence-electron chi connectivity index (χ4n) is 4.18. The highest BCUT2D eigenvalue weighted by Crippen LogP contribution is 2.69. The zero-order valence-electron chi connectivity index (χ0n) is 8.25. The molecule has 3 saturated carbocycles. The average Bonchev–Trinajstić information content (AvgIpc) is 2.61. The summed E-state index contributed by atoms with van der Waals surface area (Å²) in [7, 11) is 0. The number of thioether (sulfide) groups is 1. The van der Waals surface area contributed by atoms with E-state index < -0.39 is 0 Å². The summed E-state index contributed by atoms with van der Waals surface area (Å²) in [6.45, 7) is 0. The number of rotatable bonds is 1. The molecule has 0 saturated heterocycles. The first kappa shape index (κ1) is 8.60. The van der Waals surface area contributed by atoms with Crippen molar-refractivity contribution in [1.82, 2.24) is 0 Å². The maximum absolute atomic E-state index is 10.0. The lowest BCUT2D eigenvalue weighted by molar-refractivity contribution is -0.0900. The third-order valence-electron chi connectivity index (χ3n) is 4.74. The highest BCUT2D eigenvalue weighted by Gasteiger charge is 2.62. The van der Waals surface area contributed by atoms with Crippen molar-refractivity contribution in [3.63, 3.8) is 0 Å². The third kappa shape index (κ3) is 1.05. The molecule has 3 aliphatic carbocycles.